The number of hydrogen-bond acceptors (Lipinski definition) is 5. The molecule has 0 saturated carbocycles. The largest absolute Gasteiger partial charge is 0.421 e. The Balaban J connectivity index is 1.18. The van der Waals surface area contributed by atoms with Crippen molar-refractivity contribution in [1.29, 1.82) is 0 Å². The molecule has 2 saturated heterocycles. The number of nitrogens with zero attached hydrogens (tertiary/aromatic N) is 4. The van der Waals surface area contributed by atoms with Gasteiger partial charge in [0.15, 0.2) is 0 Å². The van der Waals surface area contributed by atoms with Crippen LogP contribution in [0.3, 0.4) is 0 Å². The standard InChI is InChI=1S/C24H32N4O3/c1-18-7-6-14-28(17-18)24(30)20-12-15-27(16-13-20)22(29)11-5-10-21-25-26-23(31-21)19-8-3-2-4-9-19/h2-4,8-9,18,20H,5-7,10-17H2,1H3. The van der Waals surface area contributed by atoms with Gasteiger partial charge in [-0.15, -0.1) is 10.2 Å². The zero-order valence-corrected chi connectivity index (χ0v) is 18.3. The van der Waals surface area contributed by atoms with E-state index in [-0.39, 0.29) is 11.8 Å². The van der Waals surface area contributed by atoms with Crippen molar-refractivity contribution in [3.8, 4) is 11.5 Å². The molecule has 2 amide bonds. The predicted octanol–water partition coefficient (Wildman–Crippen LogP) is 3.56. The number of aryl methyl sites for hydroxylation is 1. The molecule has 2 aliphatic rings. The summed E-state index contributed by atoms with van der Waals surface area (Å²) in [7, 11) is 0. The molecule has 166 valence electrons. The maximum Gasteiger partial charge on any atom is 0.247 e. The molecule has 0 aliphatic carbocycles. The summed E-state index contributed by atoms with van der Waals surface area (Å²) >= 11 is 0. The lowest BCUT2D eigenvalue weighted by molar-refractivity contribution is -0.142. The van der Waals surface area contributed by atoms with E-state index in [4.69, 9.17) is 4.42 Å². The summed E-state index contributed by atoms with van der Waals surface area (Å²) in [6.45, 7) is 5.36. The molecule has 3 heterocycles. The fourth-order valence-electron chi connectivity index (χ4n) is 4.62. The highest BCUT2D eigenvalue weighted by molar-refractivity contribution is 5.80. The monoisotopic (exact) mass is 424 g/mol. The number of hydrogen-bond donors (Lipinski definition) is 0. The number of carbonyl (C=O) groups excluding carboxylic acids is 2. The van der Waals surface area contributed by atoms with E-state index < -0.39 is 0 Å². The van der Waals surface area contributed by atoms with Crippen molar-refractivity contribution in [2.24, 2.45) is 11.8 Å². The van der Waals surface area contributed by atoms with E-state index in [0.29, 0.717) is 56.0 Å². The zero-order chi connectivity index (χ0) is 21.6. The van der Waals surface area contributed by atoms with Crippen LogP contribution in [0.4, 0.5) is 0 Å². The second-order valence-electron chi connectivity index (χ2n) is 8.91. The van der Waals surface area contributed by atoms with Crippen LogP contribution >= 0.6 is 0 Å². The molecule has 7 heteroatoms. The minimum atomic E-state index is 0.0733. The van der Waals surface area contributed by atoms with Gasteiger partial charge in [-0.3, -0.25) is 9.59 Å². The number of aromatic nitrogens is 2. The number of amides is 2. The number of piperidine rings is 2. The van der Waals surface area contributed by atoms with Crippen LogP contribution in [0.5, 0.6) is 0 Å². The molecule has 0 bridgehead atoms. The van der Waals surface area contributed by atoms with Gasteiger partial charge in [-0.2, -0.15) is 0 Å². The van der Waals surface area contributed by atoms with E-state index in [9.17, 15) is 9.59 Å². The Hall–Kier alpha value is -2.70. The van der Waals surface area contributed by atoms with E-state index in [1.807, 2.05) is 40.1 Å². The average Bonchev–Trinajstić information content (AvgIpc) is 3.28. The maximum atomic E-state index is 12.8. The van der Waals surface area contributed by atoms with Gasteiger partial charge in [0.1, 0.15) is 0 Å². The van der Waals surface area contributed by atoms with Crippen molar-refractivity contribution < 1.29 is 14.0 Å². The van der Waals surface area contributed by atoms with Crippen LogP contribution in [-0.4, -0.2) is 58.0 Å². The predicted molar refractivity (Wildman–Crippen MR) is 117 cm³/mol. The molecule has 4 rings (SSSR count). The summed E-state index contributed by atoms with van der Waals surface area (Å²) < 4.78 is 5.71. The minimum Gasteiger partial charge on any atom is -0.421 e. The highest BCUT2D eigenvalue weighted by atomic mass is 16.4. The lowest BCUT2D eigenvalue weighted by Gasteiger charge is -2.37. The van der Waals surface area contributed by atoms with Crippen molar-refractivity contribution in [3.63, 3.8) is 0 Å². The normalized spacial score (nSPS) is 20.1. The Kier molecular flexibility index (Phi) is 6.99. The highest BCUT2D eigenvalue weighted by Crippen LogP contribution is 2.24. The van der Waals surface area contributed by atoms with E-state index >= 15 is 0 Å². The van der Waals surface area contributed by atoms with Gasteiger partial charge in [0, 0.05) is 50.5 Å². The minimum absolute atomic E-state index is 0.0733. The maximum absolute atomic E-state index is 12.8. The topological polar surface area (TPSA) is 79.5 Å². The van der Waals surface area contributed by atoms with E-state index in [1.54, 1.807) is 0 Å². The van der Waals surface area contributed by atoms with Gasteiger partial charge in [0.2, 0.25) is 23.6 Å². The van der Waals surface area contributed by atoms with Crippen LogP contribution < -0.4 is 0 Å². The smallest absolute Gasteiger partial charge is 0.247 e. The van der Waals surface area contributed by atoms with E-state index in [0.717, 1.165) is 37.9 Å². The molecule has 1 atom stereocenters. The molecule has 2 aliphatic heterocycles. The third kappa shape index (κ3) is 5.51. The van der Waals surface area contributed by atoms with Crippen LogP contribution in [0.25, 0.3) is 11.5 Å². The molecule has 2 aromatic rings. The third-order valence-corrected chi connectivity index (χ3v) is 6.43. The highest BCUT2D eigenvalue weighted by Gasteiger charge is 2.31. The fourth-order valence-corrected chi connectivity index (χ4v) is 4.62. The Morgan fingerprint density at radius 2 is 1.81 bits per heavy atom. The first-order valence-corrected chi connectivity index (χ1v) is 11.5. The van der Waals surface area contributed by atoms with Gasteiger partial charge in [-0.05, 0) is 50.2 Å². The molecule has 0 spiro atoms. The first-order valence-electron chi connectivity index (χ1n) is 11.5. The summed E-state index contributed by atoms with van der Waals surface area (Å²) in [5, 5.41) is 8.19. The Morgan fingerprint density at radius 1 is 1.03 bits per heavy atom. The summed E-state index contributed by atoms with van der Waals surface area (Å²) in [6, 6.07) is 9.67. The second kappa shape index (κ2) is 10.1. The Labute approximate surface area is 183 Å². The van der Waals surface area contributed by atoms with Gasteiger partial charge in [-0.1, -0.05) is 25.1 Å². The second-order valence-corrected chi connectivity index (χ2v) is 8.91. The molecule has 2 fully saturated rings. The molecule has 0 N–H and O–H groups in total. The third-order valence-electron chi connectivity index (χ3n) is 6.43. The Morgan fingerprint density at radius 3 is 2.55 bits per heavy atom. The SMILES string of the molecule is CC1CCCN(C(=O)C2CCN(C(=O)CCCc3nnc(-c4ccccc4)o3)CC2)C1. The molecule has 0 radical (unpaired) electrons. The van der Waals surface area contributed by atoms with E-state index in [2.05, 4.69) is 17.1 Å². The summed E-state index contributed by atoms with van der Waals surface area (Å²) in [5.74, 6) is 2.19. The molecule has 1 aromatic heterocycles. The molecule has 1 unspecified atom stereocenters. The lowest BCUT2D eigenvalue weighted by atomic mass is 9.92. The average molecular weight is 425 g/mol. The first-order chi connectivity index (χ1) is 15.1. The van der Waals surface area contributed by atoms with Crippen LogP contribution in [0.2, 0.25) is 0 Å². The Bertz CT molecular complexity index is 874. The van der Waals surface area contributed by atoms with Gasteiger partial charge in [-0.25, -0.2) is 0 Å². The summed E-state index contributed by atoms with van der Waals surface area (Å²) in [4.78, 5) is 29.4. The fraction of sp³-hybridized carbons (Fsp3) is 0.583. The molecular weight excluding hydrogens is 392 g/mol. The van der Waals surface area contributed by atoms with Gasteiger partial charge < -0.3 is 14.2 Å². The molecular formula is C24H32N4O3. The van der Waals surface area contributed by atoms with Crippen molar-refractivity contribution in [2.45, 2.75) is 51.9 Å². The molecule has 31 heavy (non-hydrogen) atoms. The lowest BCUT2D eigenvalue weighted by Crippen LogP contribution is -2.46. The van der Waals surface area contributed by atoms with Crippen LogP contribution in [0, 0.1) is 11.8 Å². The van der Waals surface area contributed by atoms with Crippen molar-refractivity contribution in [1.82, 2.24) is 20.0 Å². The first kappa shape index (κ1) is 21.5. The van der Waals surface area contributed by atoms with Crippen LogP contribution in [0.15, 0.2) is 34.7 Å². The van der Waals surface area contributed by atoms with Gasteiger partial charge in [0.05, 0.1) is 0 Å². The molecule has 1 aromatic carbocycles. The summed E-state index contributed by atoms with van der Waals surface area (Å²) in [6.07, 6.45) is 5.61. The van der Waals surface area contributed by atoms with Crippen molar-refractivity contribution in [2.75, 3.05) is 26.2 Å². The number of rotatable bonds is 6. The zero-order valence-electron chi connectivity index (χ0n) is 18.3. The van der Waals surface area contributed by atoms with Crippen LogP contribution in [0.1, 0.15) is 51.3 Å². The number of likely N-dealkylation sites (tertiary alicyclic amines) is 2. The van der Waals surface area contributed by atoms with Crippen molar-refractivity contribution in [3.05, 3.63) is 36.2 Å². The van der Waals surface area contributed by atoms with Crippen molar-refractivity contribution >= 4 is 11.8 Å². The number of carbonyl (C=O) groups is 2. The van der Waals surface area contributed by atoms with Crippen LogP contribution in [-0.2, 0) is 16.0 Å². The summed E-state index contributed by atoms with van der Waals surface area (Å²) in [5.41, 5.74) is 0.897. The molecule has 7 nitrogen and oxygen atoms in total. The van der Waals surface area contributed by atoms with Gasteiger partial charge >= 0.3 is 0 Å². The van der Waals surface area contributed by atoms with Gasteiger partial charge in [0.25, 0.3) is 0 Å². The number of benzene rings is 1. The quantitative estimate of drug-likeness (QED) is 0.708. The van der Waals surface area contributed by atoms with E-state index in [1.165, 1.54) is 6.42 Å².